The van der Waals surface area contributed by atoms with Crippen LogP contribution in [0.25, 0.3) is 5.57 Å². The maximum Gasteiger partial charge on any atom is 0.170 e. The summed E-state index contributed by atoms with van der Waals surface area (Å²) in [5.74, 6) is 0.880. The summed E-state index contributed by atoms with van der Waals surface area (Å²) in [5, 5.41) is 0. The number of carbonyl (C=O) groups excluding carboxylic acids is 1. The summed E-state index contributed by atoms with van der Waals surface area (Å²) in [6.45, 7) is 2.09. The fraction of sp³-hybridized carbons (Fsp3) is 0.192. The van der Waals surface area contributed by atoms with Gasteiger partial charge in [-0.15, -0.1) is 0 Å². The number of methoxy groups -OCH3 is 1. The predicted molar refractivity (Wildman–Crippen MR) is 114 cm³/mol. The zero-order valence-electron chi connectivity index (χ0n) is 16.3. The second-order valence-corrected chi connectivity index (χ2v) is 7.37. The van der Waals surface area contributed by atoms with E-state index in [2.05, 4.69) is 43.3 Å². The number of ether oxygens (including phenoxy) is 1. The SMILES string of the molecule is COc1ccccc1C1CC(c2ccc(C)cc2)=CC1C(=O)c1ccccc1. The number of aryl methyl sites for hydroxylation is 1. The van der Waals surface area contributed by atoms with Crippen LogP contribution >= 0.6 is 0 Å². The third-order valence-electron chi connectivity index (χ3n) is 5.58. The standard InChI is InChI=1S/C26H24O2/c1-18-12-14-19(15-13-18)21-16-23(22-10-6-7-11-25(22)28-2)24(17-21)26(27)20-8-4-3-5-9-20/h3-15,17,23-24H,16H2,1-2H3. The highest BCUT2D eigenvalue weighted by Gasteiger charge is 2.36. The van der Waals surface area contributed by atoms with Crippen LogP contribution < -0.4 is 4.74 Å². The lowest BCUT2D eigenvalue weighted by Crippen LogP contribution is -2.18. The summed E-state index contributed by atoms with van der Waals surface area (Å²) in [5.41, 5.74) is 5.51. The van der Waals surface area contributed by atoms with Crippen LogP contribution in [0.4, 0.5) is 0 Å². The van der Waals surface area contributed by atoms with Gasteiger partial charge in [0.1, 0.15) is 5.75 Å². The van der Waals surface area contributed by atoms with Crippen molar-refractivity contribution in [1.82, 2.24) is 0 Å². The minimum absolute atomic E-state index is 0.0696. The third-order valence-corrected chi connectivity index (χ3v) is 5.58. The highest BCUT2D eigenvalue weighted by Crippen LogP contribution is 2.46. The summed E-state index contributed by atoms with van der Waals surface area (Å²) >= 11 is 0. The van der Waals surface area contributed by atoms with Crippen molar-refractivity contribution in [3.05, 3.63) is 107 Å². The number of para-hydroxylation sites is 1. The highest BCUT2D eigenvalue weighted by atomic mass is 16.5. The molecule has 1 aliphatic carbocycles. The number of ketones is 1. The van der Waals surface area contributed by atoms with Crippen LogP contribution in [0.1, 0.15) is 39.4 Å². The Kier molecular flexibility index (Phi) is 5.12. The molecule has 4 rings (SSSR count). The van der Waals surface area contributed by atoms with E-state index in [9.17, 15) is 4.79 Å². The van der Waals surface area contributed by atoms with Gasteiger partial charge in [-0.2, -0.15) is 0 Å². The van der Waals surface area contributed by atoms with Crippen LogP contribution in [0.5, 0.6) is 5.75 Å². The van der Waals surface area contributed by atoms with Crippen molar-refractivity contribution in [1.29, 1.82) is 0 Å². The van der Waals surface area contributed by atoms with E-state index in [1.807, 2.05) is 48.5 Å². The normalized spacial score (nSPS) is 18.6. The van der Waals surface area contributed by atoms with Crippen molar-refractivity contribution >= 4 is 11.4 Å². The summed E-state index contributed by atoms with van der Waals surface area (Å²) < 4.78 is 5.61. The van der Waals surface area contributed by atoms with Crippen molar-refractivity contribution in [2.75, 3.05) is 7.11 Å². The molecule has 0 bridgehead atoms. The molecule has 2 atom stereocenters. The molecule has 3 aromatic rings. The minimum Gasteiger partial charge on any atom is -0.496 e. The number of Topliss-reactive ketones (excluding diaryl/α,β-unsaturated/α-hetero) is 1. The van der Waals surface area contributed by atoms with E-state index in [1.54, 1.807) is 7.11 Å². The molecule has 0 heterocycles. The molecule has 0 N–H and O–H groups in total. The maximum absolute atomic E-state index is 13.4. The molecule has 0 amide bonds. The van der Waals surface area contributed by atoms with Gasteiger partial charge in [0.05, 0.1) is 7.11 Å². The molecule has 1 aliphatic rings. The van der Waals surface area contributed by atoms with Crippen LogP contribution in [0.3, 0.4) is 0 Å². The van der Waals surface area contributed by atoms with Crippen molar-refractivity contribution in [2.45, 2.75) is 19.3 Å². The predicted octanol–water partition coefficient (Wildman–Crippen LogP) is 6.07. The monoisotopic (exact) mass is 368 g/mol. The van der Waals surface area contributed by atoms with E-state index >= 15 is 0 Å². The molecule has 28 heavy (non-hydrogen) atoms. The zero-order valence-corrected chi connectivity index (χ0v) is 16.3. The first-order valence-corrected chi connectivity index (χ1v) is 9.67. The zero-order chi connectivity index (χ0) is 19.5. The lowest BCUT2D eigenvalue weighted by atomic mass is 9.83. The van der Waals surface area contributed by atoms with Crippen molar-refractivity contribution in [3.63, 3.8) is 0 Å². The van der Waals surface area contributed by atoms with Crippen molar-refractivity contribution in [2.24, 2.45) is 5.92 Å². The summed E-state index contributed by atoms with van der Waals surface area (Å²) in [6, 6.07) is 26.2. The van der Waals surface area contributed by atoms with Crippen molar-refractivity contribution in [3.8, 4) is 5.75 Å². The van der Waals surface area contributed by atoms with Gasteiger partial charge in [0.25, 0.3) is 0 Å². The topological polar surface area (TPSA) is 26.3 Å². The molecular weight excluding hydrogens is 344 g/mol. The number of allylic oxidation sites excluding steroid dienone is 2. The molecular formula is C26H24O2. The number of rotatable bonds is 5. The summed E-state index contributed by atoms with van der Waals surface area (Å²) in [7, 11) is 1.69. The Morgan fingerprint density at radius 2 is 1.57 bits per heavy atom. The summed E-state index contributed by atoms with van der Waals surface area (Å²) in [6.07, 6.45) is 2.99. The average molecular weight is 368 g/mol. The number of carbonyl (C=O) groups is 1. The van der Waals surface area contributed by atoms with E-state index in [0.717, 1.165) is 23.3 Å². The van der Waals surface area contributed by atoms with Crippen LogP contribution in [0.2, 0.25) is 0 Å². The van der Waals surface area contributed by atoms with E-state index in [0.29, 0.717) is 0 Å². The summed E-state index contributed by atoms with van der Waals surface area (Å²) in [4.78, 5) is 13.4. The fourth-order valence-electron chi connectivity index (χ4n) is 4.08. The maximum atomic E-state index is 13.4. The molecule has 3 aromatic carbocycles. The Morgan fingerprint density at radius 1 is 0.893 bits per heavy atom. The third kappa shape index (κ3) is 3.50. The Hall–Kier alpha value is -3.13. The van der Waals surface area contributed by atoms with E-state index < -0.39 is 0 Å². The van der Waals surface area contributed by atoms with Gasteiger partial charge in [-0.25, -0.2) is 0 Å². The van der Waals surface area contributed by atoms with E-state index in [1.165, 1.54) is 16.7 Å². The van der Waals surface area contributed by atoms with Crippen LogP contribution in [-0.2, 0) is 0 Å². The Morgan fingerprint density at radius 3 is 2.29 bits per heavy atom. The number of benzene rings is 3. The van der Waals surface area contributed by atoms with Gasteiger partial charge in [-0.3, -0.25) is 4.79 Å². The van der Waals surface area contributed by atoms with Gasteiger partial charge < -0.3 is 4.74 Å². The Bertz CT molecular complexity index is 1000. The van der Waals surface area contributed by atoms with Gasteiger partial charge in [-0.1, -0.05) is 84.4 Å². The Balaban J connectivity index is 1.76. The molecule has 0 saturated heterocycles. The molecule has 0 aliphatic heterocycles. The molecule has 140 valence electrons. The van der Waals surface area contributed by atoms with Gasteiger partial charge in [0, 0.05) is 17.4 Å². The molecule has 0 saturated carbocycles. The molecule has 2 unspecified atom stereocenters. The van der Waals surface area contributed by atoms with Gasteiger partial charge in [0.15, 0.2) is 5.78 Å². The first-order valence-electron chi connectivity index (χ1n) is 9.67. The molecule has 2 nitrogen and oxygen atoms in total. The fourth-order valence-corrected chi connectivity index (χ4v) is 4.08. The second-order valence-electron chi connectivity index (χ2n) is 7.37. The second kappa shape index (κ2) is 7.85. The largest absolute Gasteiger partial charge is 0.496 e. The first-order chi connectivity index (χ1) is 13.7. The molecule has 0 radical (unpaired) electrons. The van der Waals surface area contributed by atoms with Gasteiger partial charge in [0.2, 0.25) is 0 Å². The Labute approximate surface area is 166 Å². The van der Waals surface area contributed by atoms with Gasteiger partial charge in [-0.05, 0) is 36.1 Å². The van der Waals surface area contributed by atoms with Crippen LogP contribution in [0.15, 0.2) is 84.9 Å². The first kappa shape index (κ1) is 18.2. The molecule has 0 aromatic heterocycles. The number of hydrogen-bond acceptors (Lipinski definition) is 2. The van der Waals surface area contributed by atoms with Crippen LogP contribution in [-0.4, -0.2) is 12.9 Å². The molecule has 0 fully saturated rings. The average Bonchev–Trinajstić information content (AvgIpc) is 3.19. The highest BCUT2D eigenvalue weighted by molar-refractivity contribution is 6.01. The van der Waals surface area contributed by atoms with E-state index in [4.69, 9.17) is 4.74 Å². The number of hydrogen-bond donors (Lipinski definition) is 0. The lowest BCUT2D eigenvalue weighted by Gasteiger charge is -2.21. The molecule has 0 spiro atoms. The van der Waals surface area contributed by atoms with Gasteiger partial charge >= 0.3 is 0 Å². The van der Waals surface area contributed by atoms with Crippen LogP contribution in [0, 0.1) is 12.8 Å². The van der Waals surface area contributed by atoms with Crippen molar-refractivity contribution < 1.29 is 9.53 Å². The lowest BCUT2D eigenvalue weighted by molar-refractivity contribution is 0.0934. The quantitative estimate of drug-likeness (QED) is 0.511. The van der Waals surface area contributed by atoms with E-state index in [-0.39, 0.29) is 17.6 Å². The molecule has 2 heteroatoms. The smallest absolute Gasteiger partial charge is 0.170 e. The minimum atomic E-state index is -0.199.